The molecule has 2 aromatic carbocycles. The molecular weight excluding hydrogens is 389 g/mol. The molecule has 0 spiro atoms. The zero-order valence-electron chi connectivity index (χ0n) is 14.2. The van der Waals surface area contributed by atoms with Gasteiger partial charge in [0.05, 0.1) is 11.6 Å². The lowest BCUT2D eigenvalue weighted by atomic mass is 10.2. The van der Waals surface area contributed by atoms with Crippen LogP contribution in [-0.4, -0.2) is 25.4 Å². The Morgan fingerprint density at radius 3 is 2.72 bits per heavy atom. The van der Waals surface area contributed by atoms with Crippen LogP contribution in [0.25, 0.3) is 0 Å². The monoisotopic (exact) mass is 411 g/mol. The highest BCUT2D eigenvalue weighted by Gasteiger charge is 2.13. The van der Waals surface area contributed by atoms with Gasteiger partial charge in [0, 0.05) is 18.7 Å². The maximum Gasteiger partial charge on any atom is 0.175 e. The Bertz CT molecular complexity index is 682. The van der Waals surface area contributed by atoms with Crippen molar-refractivity contribution < 1.29 is 19.0 Å². The predicted molar refractivity (Wildman–Crippen MR) is 99.5 cm³/mol. The zero-order chi connectivity index (χ0) is 18.1. The Hall–Kier alpha value is -1.63. The van der Waals surface area contributed by atoms with Crippen LogP contribution in [0, 0.1) is 5.82 Å². The molecule has 0 aromatic heterocycles. The number of methoxy groups -OCH3 is 1. The van der Waals surface area contributed by atoms with Crippen molar-refractivity contribution in [2.75, 3.05) is 20.3 Å². The molecule has 25 heavy (non-hydrogen) atoms. The van der Waals surface area contributed by atoms with Crippen LogP contribution in [-0.2, 0) is 13.2 Å². The third-order valence-corrected chi connectivity index (χ3v) is 4.30. The van der Waals surface area contributed by atoms with E-state index in [1.165, 1.54) is 6.07 Å². The smallest absolute Gasteiger partial charge is 0.175 e. The van der Waals surface area contributed by atoms with Crippen LogP contribution in [0.15, 0.2) is 40.9 Å². The first-order valence-corrected chi connectivity index (χ1v) is 8.99. The molecule has 0 saturated carbocycles. The van der Waals surface area contributed by atoms with E-state index < -0.39 is 0 Å². The summed E-state index contributed by atoms with van der Waals surface area (Å²) in [4.78, 5) is 0. The highest BCUT2D eigenvalue weighted by Crippen LogP contribution is 2.37. The van der Waals surface area contributed by atoms with Crippen molar-refractivity contribution in [1.82, 2.24) is 5.32 Å². The van der Waals surface area contributed by atoms with E-state index in [0.717, 1.165) is 29.4 Å². The molecule has 0 heterocycles. The maximum atomic E-state index is 13.7. The topological polar surface area (TPSA) is 50.7 Å². The molecule has 0 amide bonds. The summed E-state index contributed by atoms with van der Waals surface area (Å²) in [7, 11) is 1.58. The van der Waals surface area contributed by atoms with Crippen LogP contribution in [0.5, 0.6) is 11.5 Å². The van der Waals surface area contributed by atoms with Crippen molar-refractivity contribution in [2.45, 2.75) is 26.0 Å². The van der Waals surface area contributed by atoms with Gasteiger partial charge < -0.3 is 19.9 Å². The lowest BCUT2D eigenvalue weighted by Crippen LogP contribution is -2.15. The van der Waals surface area contributed by atoms with Gasteiger partial charge in [-0.2, -0.15) is 0 Å². The SMILES string of the molecule is COc1cc(CNCCCCO)cc(Br)c1OCc1ccccc1F. The van der Waals surface area contributed by atoms with Crippen LogP contribution < -0.4 is 14.8 Å². The quantitative estimate of drug-likeness (QED) is 0.579. The van der Waals surface area contributed by atoms with E-state index in [4.69, 9.17) is 14.6 Å². The average molecular weight is 412 g/mol. The van der Waals surface area contributed by atoms with Crippen molar-refractivity contribution in [2.24, 2.45) is 0 Å². The molecule has 0 aliphatic heterocycles. The second kappa shape index (κ2) is 10.4. The summed E-state index contributed by atoms with van der Waals surface area (Å²) < 4.78 is 25.7. The largest absolute Gasteiger partial charge is 0.493 e. The van der Waals surface area contributed by atoms with Gasteiger partial charge in [-0.15, -0.1) is 0 Å². The molecule has 0 aliphatic carbocycles. The molecule has 0 saturated heterocycles. The van der Waals surface area contributed by atoms with E-state index in [1.54, 1.807) is 25.3 Å². The minimum atomic E-state index is -0.290. The number of unbranched alkanes of at least 4 members (excludes halogenated alkanes) is 1. The number of hydrogen-bond donors (Lipinski definition) is 2. The molecule has 0 radical (unpaired) electrons. The summed E-state index contributed by atoms with van der Waals surface area (Å²) >= 11 is 3.51. The minimum Gasteiger partial charge on any atom is -0.493 e. The van der Waals surface area contributed by atoms with Gasteiger partial charge in [-0.05, 0) is 59.1 Å². The first-order valence-electron chi connectivity index (χ1n) is 8.20. The standard InChI is InChI=1S/C19H23BrFNO3/c1-24-18-11-14(12-22-8-4-5-9-23)10-16(20)19(18)25-13-15-6-2-3-7-17(15)21/h2-3,6-7,10-11,22-23H,4-5,8-9,12-13H2,1H3. The number of aliphatic hydroxyl groups excluding tert-OH is 1. The number of aliphatic hydroxyl groups is 1. The Morgan fingerprint density at radius 2 is 2.00 bits per heavy atom. The average Bonchev–Trinajstić information content (AvgIpc) is 2.61. The van der Waals surface area contributed by atoms with Crippen LogP contribution >= 0.6 is 15.9 Å². The molecule has 0 aliphatic rings. The van der Waals surface area contributed by atoms with Crippen molar-refractivity contribution in [3.8, 4) is 11.5 Å². The van der Waals surface area contributed by atoms with Gasteiger partial charge in [-0.25, -0.2) is 4.39 Å². The van der Waals surface area contributed by atoms with Crippen molar-refractivity contribution in [1.29, 1.82) is 0 Å². The van der Waals surface area contributed by atoms with E-state index in [9.17, 15) is 4.39 Å². The lowest BCUT2D eigenvalue weighted by molar-refractivity contribution is 0.277. The summed E-state index contributed by atoms with van der Waals surface area (Å²) in [5.41, 5.74) is 1.54. The van der Waals surface area contributed by atoms with Gasteiger partial charge in [0.1, 0.15) is 12.4 Å². The lowest BCUT2D eigenvalue weighted by Gasteiger charge is -2.15. The molecule has 2 aromatic rings. The summed E-state index contributed by atoms with van der Waals surface area (Å²) in [6.07, 6.45) is 1.72. The van der Waals surface area contributed by atoms with Gasteiger partial charge in [-0.3, -0.25) is 0 Å². The molecule has 0 bridgehead atoms. The summed E-state index contributed by atoms with van der Waals surface area (Å²) in [5.74, 6) is 0.856. The zero-order valence-corrected chi connectivity index (χ0v) is 15.8. The molecule has 2 rings (SSSR count). The fraction of sp³-hybridized carbons (Fsp3) is 0.368. The third kappa shape index (κ3) is 5.99. The minimum absolute atomic E-state index is 0.125. The number of ether oxygens (including phenoxy) is 2. The molecule has 4 nitrogen and oxygen atoms in total. The molecular formula is C19H23BrFNO3. The summed E-state index contributed by atoms with van der Waals surface area (Å²) in [6.45, 7) is 1.87. The Morgan fingerprint density at radius 1 is 1.20 bits per heavy atom. The van der Waals surface area contributed by atoms with Gasteiger partial charge in [0.15, 0.2) is 11.5 Å². The number of halogens is 2. The molecule has 0 atom stereocenters. The highest BCUT2D eigenvalue weighted by molar-refractivity contribution is 9.10. The van der Waals surface area contributed by atoms with Crippen LogP contribution in [0.3, 0.4) is 0 Å². The van der Waals surface area contributed by atoms with Gasteiger partial charge in [0.25, 0.3) is 0 Å². The fourth-order valence-corrected chi connectivity index (χ4v) is 2.98. The predicted octanol–water partition coefficient (Wildman–Crippen LogP) is 4.04. The first-order chi connectivity index (χ1) is 12.2. The van der Waals surface area contributed by atoms with E-state index >= 15 is 0 Å². The second-order valence-corrected chi connectivity index (χ2v) is 6.45. The first kappa shape index (κ1) is 19.7. The Kier molecular flexibility index (Phi) is 8.18. The Balaban J connectivity index is 2.02. The maximum absolute atomic E-state index is 13.7. The van der Waals surface area contributed by atoms with Crippen molar-refractivity contribution in [3.05, 3.63) is 57.8 Å². The summed E-state index contributed by atoms with van der Waals surface area (Å²) in [6, 6.07) is 10.4. The van der Waals surface area contributed by atoms with Crippen molar-refractivity contribution >= 4 is 15.9 Å². The van der Waals surface area contributed by atoms with Crippen LogP contribution in [0.1, 0.15) is 24.0 Å². The van der Waals surface area contributed by atoms with Crippen molar-refractivity contribution in [3.63, 3.8) is 0 Å². The Labute approximate surface area is 156 Å². The van der Waals surface area contributed by atoms with Crippen LogP contribution in [0.4, 0.5) is 4.39 Å². The number of hydrogen-bond acceptors (Lipinski definition) is 4. The molecule has 0 fully saturated rings. The van der Waals surface area contributed by atoms with Gasteiger partial charge in [-0.1, -0.05) is 18.2 Å². The third-order valence-electron chi connectivity index (χ3n) is 3.71. The van der Waals surface area contributed by atoms with E-state index in [-0.39, 0.29) is 19.0 Å². The normalized spacial score (nSPS) is 10.7. The molecule has 0 unspecified atom stereocenters. The summed E-state index contributed by atoms with van der Waals surface area (Å²) in [5, 5.41) is 12.1. The highest BCUT2D eigenvalue weighted by atomic mass is 79.9. The molecule has 6 heteroatoms. The van der Waals surface area contributed by atoms with E-state index in [1.807, 2.05) is 12.1 Å². The number of rotatable bonds is 10. The van der Waals surface area contributed by atoms with Gasteiger partial charge >= 0.3 is 0 Å². The fourth-order valence-electron chi connectivity index (χ4n) is 2.38. The second-order valence-electron chi connectivity index (χ2n) is 5.60. The van der Waals surface area contributed by atoms with Crippen LogP contribution in [0.2, 0.25) is 0 Å². The molecule has 2 N–H and O–H groups in total. The van der Waals surface area contributed by atoms with Gasteiger partial charge in [0.2, 0.25) is 0 Å². The van der Waals surface area contributed by atoms with E-state index in [0.29, 0.717) is 23.6 Å². The van der Waals surface area contributed by atoms with E-state index in [2.05, 4.69) is 21.2 Å². The number of benzene rings is 2. The number of nitrogens with one attached hydrogen (secondary N) is 1. The molecule has 136 valence electrons.